The van der Waals surface area contributed by atoms with Gasteiger partial charge in [-0.25, -0.2) is 13.2 Å². The van der Waals surface area contributed by atoms with Gasteiger partial charge in [0.05, 0.1) is 15.5 Å². The number of rotatable bonds is 7. The van der Waals surface area contributed by atoms with E-state index in [9.17, 15) is 18.0 Å². The number of carbonyl (C=O) groups excluding carboxylic acids is 2. The molecule has 0 saturated carbocycles. The third-order valence-electron chi connectivity index (χ3n) is 5.11. The number of anilines is 2. The smallest absolute Gasteiger partial charge is 0.340 e. The Kier molecular flexibility index (Phi) is 7.76. The number of nitrogens with zero attached hydrogens (tertiary/aromatic N) is 2. The summed E-state index contributed by atoms with van der Waals surface area (Å²) in [6.45, 7) is 0.356. The number of ether oxygens (including phenoxy) is 1. The lowest BCUT2D eigenvalue weighted by Crippen LogP contribution is -2.35. The van der Waals surface area contributed by atoms with Gasteiger partial charge in [0.1, 0.15) is 0 Å². The van der Waals surface area contributed by atoms with E-state index in [4.69, 9.17) is 16.3 Å². The Morgan fingerprint density at radius 2 is 1.72 bits per heavy atom. The van der Waals surface area contributed by atoms with Gasteiger partial charge >= 0.3 is 5.97 Å². The summed E-state index contributed by atoms with van der Waals surface area (Å²) in [5, 5.41) is 2.69. The van der Waals surface area contributed by atoms with Crippen molar-refractivity contribution >= 4 is 44.9 Å². The number of esters is 1. The molecule has 1 N–H and O–H groups in total. The van der Waals surface area contributed by atoms with Gasteiger partial charge < -0.3 is 15.0 Å². The molecule has 32 heavy (non-hydrogen) atoms. The van der Waals surface area contributed by atoms with Crippen molar-refractivity contribution in [3.63, 3.8) is 0 Å². The van der Waals surface area contributed by atoms with Gasteiger partial charge in [-0.05, 0) is 55.3 Å². The normalized spacial score (nSPS) is 14.6. The van der Waals surface area contributed by atoms with Crippen molar-refractivity contribution in [3.05, 3.63) is 53.1 Å². The number of carbonyl (C=O) groups is 2. The van der Waals surface area contributed by atoms with Gasteiger partial charge in [0.2, 0.25) is 10.0 Å². The first-order chi connectivity index (χ1) is 15.2. The highest BCUT2D eigenvalue weighted by atomic mass is 35.5. The molecule has 8 nitrogen and oxygen atoms in total. The fourth-order valence-electron chi connectivity index (χ4n) is 3.32. The molecule has 0 spiro atoms. The lowest BCUT2D eigenvalue weighted by atomic mass is 10.2. The number of nitrogens with one attached hydrogen (secondary N) is 1. The molecular formula is C22H26ClN3O5S. The molecule has 1 fully saturated rings. The number of piperidine rings is 1. The van der Waals surface area contributed by atoms with Gasteiger partial charge in [0.25, 0.3) is 5.91 Å². The molecule has 0 aromatic heterocycles. The molecule has 1 saturated heterocycles. The first-order valence-corrected chi connectivity index (χ1v) is 12.0. The number of benzene rings is 2. The largest absolute Gasteiger partial charge is 0.452 e. The molecule has 0 radical (unpaired) electrons. The van der Waals surface area contributed by atoms with E-state index in [1.165, 1.54) is 22.5 Å². The molecule has 0 aliphatic carbocycles. The Labute approximate surface area is 193 Å². The van der Waals surface area contributed by atoms with E-state index < -0.39 is 28.5 Å². The van der Waals surface area contributed by atoms with E-state index in [-0.39, 0.29) is 15.5 Å². The second-order valence-corrected chi connectivity index (χ2v) is 10.0. The van der Waals surface area contributed by atoms with Crippen molar-refractivity contribution in [2.45, 2.75) is 24.2 Å². The highest BCUT2D eigenvalue weighted by Crippen LogP contribution is 2.25. The van der Waals surface area contributed by atoms with E-state index in [1.54, 1.807) is 12.1 Å². The molecule has 10 heteroatoms. The number of sulfonamides is 1. The summed E-state index contributed by atoms with van der Waals surface area (Å²) in [5.74, 6) is -1.40. The molecule has 2 aromatic rings. The monoisotopic (exact) mass is 479 g/mol. The van der Waals surface area contributed by atoms with Crippen molar-refractivity contribution in [1.82, 2.24) is 4.31 Å². The summed E-state index contributed by atoms with van der Waals surface area (Å²) in [6.07, 6.45) is 2.59. The van der Waals surface area contributed by atoms with Crippen LogP contribution in [-0.4, -0.2) is 58.4 Å². The Hall–Kier alpha value is -2.62. The van der Waals surface area contributed by atoms with Crippen molar-refractivity contribution in [2.24, 2.45) is 0 Å². The van der Waals surface area contributed by atoms with E-state index >= 15 is 0 Å². The van der Waals surface area contributed by atoms with Crippen LogP contribution in [0.25, 0.3) is 0 Å². The van der Waals surface area contributed by atoms with Gasteiger partial charge in [0, 0.05) is 38.6 Å². The minimum Gasteiger partial charge on any atom is -0.452 e. The predicted molar refractivity (Wildman–Crippen MR) is 124 cm³/mol. The van der Waals surface area contributed by atoms with E-state index in [0.29, 0.717) is 18.8 Å². The van der Waals surface area contributed by atoms with Crippen LogP contribution in [0.2, 0.25) is 5.02 Å². The van der Waals surface area contributed by atoms with Gasteiger partial charge in [-0.2, -0.15) is 4.31 Å². The van der Waals surface area contributed by atoms with E-state index in [2.05, 4.69) is 5.32 Å². The summed E-state index contributed by atoms with van der Waals surface area (Å²) in [6, 6.07) is 11.1. The molecule has 0 bridgehead atoms. The molecule has 1 aliphatic heterocycles. The molecule has 172 valence electrons. The average Bonchev–Trinajstić information content (AvgIpc) is 2.78. The molecule has 1 amide bonds. The fourth-order valence-corrected chi connectivity index (χ4v) is 5.06. The lowest BCUT2D eigenvalue weighted by molar-refractivity contribution is -0.119. The number of hydrogen-bond acceptors (Lipinski definition) is 6. The summed E-state index contributed by atoms with van der Waals surface area (Å²) in [5.41, 5.74) is 1.43. The van der Waals surface area contributed by atoms with Crippen molar-refractivity contribution in [1.29, 1.82) is 0 Å². The molecule has 3 rings (SSSR count). The van der Waals surface area contributed by atoms with E-state index in [1.807, 2.05) is 31.1 Å². The Morgan fingerprint density at radius 1 is 1.06 bits per heavy atom. The number of halogens is 1. The average molecular weight is 480 g/mol. The Bertz CT molecular complexity index is 1080. The van der Waals surface area contributed by atoms with Crippen LogP contribution in [0.15, 0.2) is 47.4 Å². The van der Waals surface area contributed by atoms with Gasteiger partial charge in [-0.1, -0.05) is 18.0 Å². The first kappa shape index (κ1) is 24.0. The molecule has 0 atom stereocenters. The maximum absolute atomic E-state index is 12.9. The van der Waals surface area contributed by atoms with Crippen LogP contribution in [0.5, 0.6) is 0 Å². The maximum atomic E-state index is 12.9. The molecule has 1 aliphatic rings. The minimum atomic E-state index is -3.73. The summed E-state index contributed by atoms with van der Waals surface area (Å²) in [7, 11) is 0.0830. The SMILES string of the molecule is CN(C)c1ccc(NC(=O)COC(=O)c2cc(S(=O)(=O)N3CCCCC3)ccc2Cl)cc1. The van der Waals surface area contributed by atoms with Crippen LogP contribution in [0.4, 0.5) is 11.4 Å². The van der Waals surface area contributed by atoms with Crippen LogP contribution in [0.3, 0.4) is 0 Å². The second kappa shape index (κ2) is 10.3. The first-order valence-electron chi connectivity index (χ1n) is 10.2. The highest BCUT2D eigenvalue weighted by molar-refractivity contribution is 7.89. The topological polar surface area (TPSA) is 96.0 Å². The molecule has 1 heterocycles. The maximum Gasteiger partial charge on any atom is 0.340 e. The Balaban J connectivity index is 1.64. The molecule has 2 aromatic carbocycles. The van der Waals surface area contributed by atoms with Crippen LogP contribution < -0.4 is 10.2 Å². The Morgan fingerprint density at radius 3 is 2.34 bits per heavy atom. The molecular weight excluding hydrogens is 454 g/mol. The summed E-state index contributed by atoms with van der Waals surface area (Å²) in [4.78, 5) is 26.5. The van der Waals surface area contributed by atoms with Crippen LogP contribution >= 0.6 is 11.6 Å². The van der Waals surface area contributed by atoms with Gasteiger partial charge in [-0.15, -0.1) is 0 Å². The lowest BCUT2D eigenvalue weighted by Gasteiger charge is -2.26. The highest BCUT2D eigenvalue weighted by Gasteiger charge is 2.27. The van der Waals surface area contributed by atoms with Crippen LogP contribution in [-0.2, 0) is 19.6 Å². The standard InChI is InChI=1S/C22H26ClN3O5S/c1-25(2)17-8-6-16(7-9-17)24-21(27)15-31-22(28)19-14-18(10-11-20(19)23)32(29,30)26-12-4-3-5-13-26/h6-11,14H,3-5,12-13,15H2,1-2H3,(H,24,27). The van der Waals surface area contributed by atoms with Crippen LogP contribution in [0, 0.1) is 0 Å². The minimum absolute atomic E-state index is 0.0267. The zero-order valence-corrected chi connectivity index (χ0v) is 19.6. The quantitative estimate of drug-likeness (QED) is 0.611. The summed E-state index contributed by atoms with van der Waals surface area (Å²) < 4.78 is 32.2. The second-order valence-electron chi connectivity index (χ2n) is 7.67. The van der Waals surface area contributed by atoms with Crippen LogP contribution in [0.1, 0.15) is 29.6 Å². The molecule has 0 unspecified atom stereocenters. The third kappa shape index (κ3) is 5.79. The van der Waals surface area contributed by atoms with Crippen molar-refractivity contribution < 1.29 is 22.7 Å². The number of hydrogen-bond donors (Lipinski definition) is 1. The zero-order chi connectivity index (χ0) is 23.3. The zero-order valence-electron chi connectivity index (χ0n) is 18.0. The van der Waals surface area contributed by atoms with Gasteiger partial charge in [-0.3, -0.25) is 4.79 Å². The fraction of sp³-hybridized carbons (Fsp3) is 0.364. The number of amides is 1. The summed E-state index contributed by atoms with van der Waals surface area (Å²) >= 11 is 6.10. The van der Waals surface area contributed by atoms with Crippen molar-refractivity contribution in [3.8, 4) is 0 Å². The van der Waals surface area contributed by atoms with Crippen molar-refractivity contribution in [2.75, 3.05) is 44.0 Å². The third-order valence-corrected chi connectivity index (χ3v) is 7.34. The van der Waals surface area contributed by atoms with Gasteiger partial charge in [0.15, 0.2) is 6.61 Å². The van der Waals surface area contributed by atoms with E-state index in [0.717, 1.165) is 24.9 Å². The predicted octanol–water partition coefficient (Wildman–Crippen LogP) is 3.38.